The van der Waals surface area contributed by atoms with Gasteiger partial charge in [0.15, 0.2) is 0 Å². The first-order chi connectivity index (χ1) is 13.2. The number of aliphatic hydroxyl groups is 1. The Bertz CT molecular complexity index is 934. The molecule has 0 amide bonds. The van der Waals surface area contributed by atoms with E-state index >= 15 is 0 Å². The van der Waals surface area contributed by atoms with Gasteiger partial charge in [0, 0.05) is 13.1 Å². The molecule has 1 unspecified atom stereocenters. The van der Waals surface area contributed by atoms with E-state index in [1.54, 1.807) is 6.92 Å². The highest BCUT2D eigenvalue weighted by Crippen LogP contribution is 2.28. The molecule has 0 saturated carbocycles. The summed E-state index contributed by atoms with van der Waals surface area (Å²) in [6.07, 6.45) is 1.04. The van der Waals surface area contributed by atoms with Crippen molar-refractivity contribution in [2.24, 2.45) is 0 Å². The Morgan fingerprint density at radius 2 is 1.75 bits per heavy atom. The van der Waals surface area contributed by atoms with E-state index in [1.165, 1.54) is 40.7 Å². The lowest BCUT2D eigenvalue weighted by Gasteiger charge is -2.27. The van der Waals surface area contributed by atoms with Gasteiger partial charge in [0.25, 0.3) is 0 Å². The van der Waals surface area contributed by atoms with Crippen LogP contribution < -0.4 is 4.74 Å². The predicted octanol–water partition coefficient (Wildman–Crippen LogP) is 3.26. The lowest BCUT2D eigenvalue weighted by Crippen LogP contribution is -2.38. The molecule has 1 fully saturated rings. The van der Waals surface area contributed by atoms with Crippen LogP contribution in [-0.4, -0.2) is 43.1 Å². The van der Waals surface area contributed by atoms with Crippen molar-refractivity contribution in [3.05, 3.63) is 59.7 Å². The number of rotatable bonds is 5. The number of sulfonamides is 1. The zero-order valence-corrected chi connectivity index (χ0v) is 16.4. The number of hydrogen-bond donors (Lipinski definition) is 1. The molecule has 1 heterocycles. The Hall–Kier alpha value is -2.03. The molecule has 0 aliphatic carbocycles. The van der Waals surface area contributed by atoms with Gasteiger partial charge in [-0.2, -0.15) is 4.31 Å². The summed E-state index contributed by atoms with van der Waals surface area (Å²) in [7, 11) is -3.78. The standard InChI is InChI=1S/C20H23F2NO4S/c1-15-13-17(22)5-8-19(15)28(25,26)23-11-2-9-20(24,10-12-23)14-27-18-6-3-16(21)4-7-18/h3-8,13,24H,2,9-12,14H2,1H3. The Morgan fingerprint density at radius 1 is 1.07 bits per heavy atom. The fourth-order valence-electron chi connectivity index (χ4n) is 3.33. The number of halogens is 2. The third kappa shape index (κ3) is 4.68. The van der Waals surface area contributed by atoms with Gasteiger partial charge in [-0.25, -0.2) is 17.2 Å². The third-order valence-corrected chi connectivity index (χ3v) is 7.01. The molecule has 0 spiro atoms. The topological polar surface area (TPSA) is 66.8 Å². The van der Waals surface area contributed by atoms with Crippen molar-refractivity contribution in [2.75, 3.05) is 19.7 Å². The van der Waals surface area contributed by atoms with Crippen molar-refractivity contribution >= 4 is 10.0 Å². The minimum absolute atomic E-state index is 0.0118. The summed E-state index contributed by atoms with van der Waals surface area (Å²) < 4.78 is 59.1. The number of benzene rings is 2. The monoisotopic (exact) mass is 411 g/mol. The lowest BCUT2D eigenvalue weighted by molar-refractivity contribution is -0.0156. The van der Waals surface area contributed by atoms with Gasteiger partial charge >= 0.3 is 0 Å². The molecule has 5 nitrogen and oxygen atoms in total. The first-order valence-electron chi connectivity index (χ1n) is 9.07. The quantitative estimate of drug-likeness (QED) is 0.820. The van der Waals surface area contributed by atoms with Crippen LogP contribution in [0.3, 0.4) is 0 Å². The molecule has 0 radical (unpaired) electrons. The van der Waals surface area contributed by atoms with E-state index in [4.69, 9.17) is 4.74 Å². The molecular formula is C20H23F2NO4S. The smallest absolute Gasteiger partial charge is 0.243 e. The van der Waals surface area contributed by atoms with Crippen molar-refractivity contribution < 1.29 is 27.0 Å². The summed E-state index contributed by atoms with van der Waals surface area (Å²) in [5.41, 5.74) is -0.838. The summed E-state index contributed by atoms with van der Waals surface area (Å²) in [6, 6.07) is 9.08. The van der Waals surface area contributed by atoms with E-state index in [1.807, 2.05) is 0 Å². The number of hydrogen-bond acceptors (Lipinski definition) is 4. The molecule has 2 aromatic rings. The highest BCUT2D eigenvalue weighted by Gasteiger charge is 2.35. The fourth-order valence-corrected chi connectivity index (χ4v) is 5.01. The Kier molecular flexibility index (Phi) is 6.02. The average Bonchev–Trinajstić information content (AvgIpc) is 2.84. The predicted molar refractivity (Wildman–Crippen MR) is 101 cm³/mol. The molecule has 8 heteroatoms. The maximum absolute atomic E-state index is 13.3. The summed E-state index contributed by atoms with van der Waals surface area (Å²) in [5.74, 6) is -0.428. The molecule has 0 aromatic heterocycles. The van der Waals surface area contributed by atoms with Gasteiger partial charge in [0.1, 0.15) is 24.0 Å². The summed E-state index contributed by atoms with van der Waals surface area (Å²) in [5, 5.41) is 10.8. The van der Waals surface area contributed by atoms with Crippen LogP contribution in [0.2, 0.25) is 0 Å². The molecule has 1 aliphatic rings. The fraction of sp³-hybridized carbons (Fsp3) is 0.400. The molecule has 28 heavy (non-hydrogen) atoms. The van der Waals surface area contributed by atoms with Crippen LogP contribution in [0.4, 0.5) is 8.78 Å². The van der Waals surface area contributed by atoms with Gasteiger partial charge in [-0.1, -0.05) is 0 Å². The van der Waals surface area contributed by atoms with Crippen molar-refractivity contribution in [3.63, 3.8) is 0 Å². The van der Waals surface area contributed by atoms with Gasteiger partial charge in [0.2, 0.25) is 10.0 Å². The van der Waals surface area contributed by atoms with Crippen molar-refractivity contribution in [1.29, 1.82) is 0 Å². The van der Waals surface area contributed by atoms with Gasteiger partial charge in [-0.15, -0.1) is 0 Å². The van der Waals surface area contributed by atoms with E-state index in [0.29, 0.717) is 24.2 Å². The van der Waals surface area contributed by atoms with Crippen molar-refractivity contribution in [1.82, 2.24) is 4.31 Å². The Morgan fingerprint density at radius 3 is 2.43 bits per heavy atom. The maximum Gasteiger partial charge on any atom is 0.243 e. The van der Waals surface area contributed by atoms with E-state index in [9.17, 15) is 22.3 Å². The molecule has 1 N–H and O–H groups in total. The Balaban J connectivity index is 1.68. The Labute approximate surface area is 163 Å². The number of nitrogens with zero attached hydrogens (tertiary/aromatic N) is 1. The molecule has 1 saturated heterocycles. The molecule has 2 aromatic carbocycles. The van der Waals surface area contributed by atoms with Crippen molar-refractivity contribution in [3.8, 4) is 5.75 Å². The van der Waals surface area contributed by atoms with E-state index in [2.05, 4.69) is 0 Å². The molecule has 1 aliphatic heterocycles. The lowest BCUT2D eigenvalue weighted by atomic mass is 9.96. The van der Waals surface area contributed by atoms with E-state index < -0.39 is 21.4 Å². The first-order valence-corrected chi connectivity index (χ1v) is 10.5. The summed E-state index contributed by atoms with van der Waals surface area (Å²) in [4.78, 5) is 0.0712. The van der Waals surface area contributed by atoms with Crippen LogP contribution in [0, 0.1) is 18.6 Å². The van der Waals surface area contributed by atoms with Crippen LogP contribution in [0.25, 0.3) is 0 Å². The minimum atomic E-state index is -3.78. The molecule has 1 atom stereocenters. The van der Waals surface area contributed by atoms with E-state index in [-0.39, 0.29) is 36.8 Å². The zero-order valence-electron chi connectivity index (χ0n) is 15.6. The highest BCUT2D eigenvalue weighted by molar-refractivity contribution is 7.89. The SMILES string of the molecule is Cc1cc(F)ccc1S(=O)(=O)N1CCCC(O)(COc2ccc(F)cc2)CC1. The maximum atomic E-state index is 13.3. The summed E-state index contributed by atoms with van der Waals surface area (Å²) >= 11 is 0. The second kappa shape index (κ2) is 8.14. The second-order valence-electron chi connectivity index (χ2n) is 7.13. The normalized spacial score (nSPS) is 21.3. The largest absolute Gasteiger partial charge is 0.491 e. The zero-order chi connectivity index (χ0) is 20.4. The molecule has 0 bridgehead atoms. The van der Waals surface area contributed by atoms with Gasteiger partial charge < -0.3 is 9.84 Å². The average molecular weight is 411 g/mol. The van der Waals surface area contributed by atoms with Gasteiger partial charge in [-0.3, -0.25) is 0 Å². The van der Waals surface area contributed by atoms with Crippen LogP contribution in [-0.2, 0) is 10.0 Å². The van der Waals surface area contributed by atoms with Crippen molar-refractivity contribution in [2.45, 2.75) is 36.7 Å². The molecule has 3 rings (SSSR count). The van der Waals surface area contributed by atoms with Gasteiger partial charge in [0.05, 0.1) is 10.5 Å². The summed E-state index contributed by atoms with van der Waals surface area (Å²) in [6.45, 7) is 1.93. The minimum Gasteiger partial charge on any atom is -0.491 e. The van der Waals surface area contributed by atoms with Crippen LogP contribution >= 0.6 is 0 Å². The number of aryl methyl sites for hydroxylation is 1. The van der Waals surface area contributed by atoms with Gasteiger partial charge in [-0.05, 0) is 74.2 Å². The highest BCUT2D eigenvalue weighted by atomic mass is 32.2. The molecule has 152 valence electrons. The van der Waals surface area contributed by atoms with Crippen LogP contribution in [0.15, 0.2) is 47.4 Å². The number of ether oxygens (including phenoxy) is 1. The van der Waals surface area contributed by atoms with Crippen LogP contribution in [0.1, 0.15) is 24.8 Å². The van der Waals surface area contributed by atoms with E-state index in [0.717, 1.165) is 6.07 Å². The first kappa shape index (κ1) is 20.7. The second-order valence-corrected chi connectivity index (χ2v) is 9.04. The van der Waals surface area contributed by atoms with Crippen LogP contribution in [0.5, 0.6) is 5.75 Å². The third-order valence-electron chi connectivity index (χ3n) is 4.95. The molecular weight excluding hydrogens is 388 g/mol.